The van der Waals surface area contributed by atoms with Gasteiger partial charge in [-0.15, -0.1) is 11.3 Å². The molecule has 1 aliphatic carbocycles. The van der Waals surface area contributed by atoms with Crippen LogP contribution in [0.5, 0.6) is 5.88 Å². The molecule has 1 fully saturated rings. The van der Waals surface area contributed by atoms with E-state index in [-0.39, 0.29) is 17.8 Å². The summed E-state index contributed by atoms with van der Waals surface area (Å²) in [7, 11) is 0. The summed E-state index contributed by atoms with van der Waals surface area (Å²) < 4.78 is 5.58. The number of hydrogen-bond acceptors (Lipinski definition) is 7. The highest BCUT2D eigenvalue weighted by atomic mass is 32.1. The molecule has 1 aliphatic heterocycles. The number of ether oxygens (including phenoxy) is 1. The van der Waals surface area contributed by atoms with Crippen LogP contribution in [0.3, 0.4) is 0 Å². The zero-order valence-corrected chi connectivity index (χ0v) is 17.5. The van der Waals surface area contributed by atoms with E-state index in [1.165, 1.54) is 22.6 Å². The second-order valence-corrected chi connectivity index (χ2v) is 9.33. The number of hydrogen-bond donors (Lipinski definition) is 1. The lowest BCUT2D eigenvalue weighted by atomic mass is 9.74. The van der Waals surface area contributed by atoms with E-state index >= 15 is 0 Å². The fraction of sp³-hybridized carbons (Fsp3) is 0.364. The molecule has 0 saturated carbocycles. The van der Waals surface area contributed by atoms with Crippen LogP contribution in [0.4, 0.5) is 4.79 Å². The Balaban J connectivity index is 1.44. The predicted octanol–water partition coefficient (Wildman–Crippen LogP) is 4.00. The molecule has 0 spiro atoms. The molecule has 3 aromatic rings. The van der Waals surface area contributed by atoms with E-state index < -0.39 is 17.6 Å². The van der Waals surface area contributed by atoms with Crippen molar-refractivity contribution in [1.29, 1.82) is 0 Å². The van der Waals surface area contributed by atoms with E-state index in [9.17, 15) is 14.7 Å². The van der Waals surface area contributed by atoms with Crippen molar-refractivity contribution in [2.24, 2.45) is 5.41 Å². The van der Waals surface area contributed by atoms with Crippen molar-refractivity contribution in [2.75, 3.05) is 0 Å². The predicted molar refractivity (Wildman–Crippen MR) is 111 cm³/mol. The Hall–Kier alpha value is -3.00. The molecule has 2 aromatic heterocycles. The fourth-order valence-electron chi connectivity index (χ4n) is 4.57. The summed E-state index contributed by atoms with van der Waals surface area (Å²) >= 11 is 1.48. The minimum atomic E-state index is -0.726. The number of cyclic esters (lactones) is 1. The summed E-state index contributed by atoms with van der Waals surface area (Å²) in [5.41, 5.74) is 1.16. The fourth-order valence-corrected chi connectivity index (χ4v) is 5.93. The van der Waals surface area contributed by atoms with Crippen molar-refractivity contribution in [3.8, 4) is 5.88 Å². The van der Waals surface area contributed by atoms with Crippen LogP contribution < -0.4 is 0 Å². The maximum Gasteiger partial charge on any atom is 0.417 e. The number of imide groups is 1. The molecule has 0 unspecified atom stereocenters. The quantitative estimate of drug-likeness (QED) is 0.670. The third-order valence-corrected chi connectivity index (χ3v) is 7.40. The highest BCUT2D eigenvalue weighted by molar-refractivity contribution is 7.18. The average Bonchev–Trinajstić information content (AvgIpc) is 3.25. The molecule has 1 saturated heterocycles. The molecule has 1 aromatic carbocycles. The van der Waals surface area contributed by atoms with E-state index in [1.807, 2.05) is 44.2 Å². The van der Waals surface area contributed by atoms with E-state index in [0.29, 0.717) is 24.6 Å². The summed E-state index contributed by atoms with van der Waals surface area (Å²) in [5, 5.41) is 10.8. The minimum absolute atomic E-state index is 0.0186. The zero-order chi connectivity index (χ0) is 21.0. The second-order valence-electron chi connectivity index (χ2n) is 8.25. The Morgan fingerprint density at radius 1 is 1.30 bits per heavy atom. The Morgan fingerprint density at radius 2 is 2.07 bits per heavy atom. The monoisotopic (exact) mass is 423 g/mol. The van der Waals surface area contributed by atoms with Gasteiger partial charge in [0.05, 0.1) is 16.8 Å². The first-order chi connectivity index (χ1) is 14.4. The number of aromatic hydroxyl groups is 1. The molecule has 5 rings (SSSR count). The van der Waals surface area contributed by atoms with Crippen molar-refractivity contribution >= 4 is 33.6 Å². The number of amides is 2. The lowest BCUT2D eigenvalue weighted by Gasteiger charge is -2.35. The highest BCUT2D eigenvalue weighted by Gasteiger charge is 2.50. The summed E-state index contributed by atoms with van der Waals surface area (Å²) in [6.45, 7) is 3.76. The second kappa shape index (κ2) is 6.77. The Labute approximate surface area is 177 Å². The summed E-state index contributed by atoms with van der Waals surface area (Å²) in [5.74, 6) is -0.230. The first kappa shape index (κ1) is 19.0. The van der Waals surface area contributed by atoms with E-state index in [4.69, 9.17) is 4.74 Å². The Morgan fingerprint density at radius 3 is 2.83 bits per heavy atom. The first-order valence-corrected chi connectivity index (χ1v) is 10.7. The zero-order valence-electron chi connectivity index (χ0n) is 16.7. The number of carbonyl (C=O) groups excluding carboxylic acids is 2. The topological polar surface area (TPSA) is 92.6 Å². The molecular formula is C22H21N3O4S. The molecule has 7 nitrogen and oxygen atoms in total. The standard InChI is InChI=1S/C22H21N3O4S/c1-12-17(13-6-4-3-5-7-13)29-21(28)25(12)20(27)22(2)9-8-14-15(10-22)30-19-16(14)18(26)23-11-24-19/h3-7,11-12,17H,8-10H2,1-2H3,(H,23,24,26)/t12-,17-,22+/m0/s1. The van der Waals surface area contributed by atoms with E-state index in [2.05, 4.69) is 9.97 Å². The van der Waals surface area contributed by atoms with Crippen LogP contribution in [0.25, 0.3) is 10.2 Å². The van der Waals surface area contributed by atoms with Crippen LogP contribution in [0.15, 0.2) is 36.7 Å². The van der Waals surface area contributed by atoms with Gasteiger partial charge in [0.15, 0.2) is 0 Å². The van der Waals surface area contributed by atoms with Gasteiger partial charge in [-0.1, -0.05) is 37.3 Å². The summed E-state index contributed by atoms with van der Waals surface area (Å²) in [4.78, 5) is 37.4. The van der Waals surface area contributed by atoms with Gasteiger partial charge >= 0.3 is 6.09 Å². The van der Waals surface area contributed by atoms with E-state index in [0.717, 1.165) is 20.8 Å². The molecular weight excluding hydrogens is 402 g/mol. The summed E-state index contributed by atoms with van der Waals surface area (Å²) in [6.07, 6.45) is 1.97. The van der Waals surface area contributed by atoms with Crippen LogP contribution in [0.2, 0.25) is 0 Å². The molecule has 3 heterocycles. The number of nitrogens with zero attached hydrogens (tertiary/aromatic N) is 3. The SMILES string of the molecule is C[C@H]1[C@@H](c2ccccc2)OC(=O)N1C(=O)[C@]1(C)CCc2c(sc3ncnc(O)c23)C1. The number of rotatable bonds is 2. The lowest BCUT2D eigenvalue weighted by Crippen LogP contribution is -2.48. The third kappa shape index (κ3) is 2.78. The van der Waals surface area contributed by atoms with Crippen LogP contribution in [0, 0.1) is 5.41 Å². The van der Waals surface area contributed by atoms with Gasteiger partial charge in [-0.3, -0.25) is 4.79 Å². The molecule has 2 aliphatic rings. The van der Waals surface area contributed by atoms with Gasteiger partial charge < -0.3 is 9.84 Å². The van der Waals surface area contributed by atoms with Gasteiger partial charge in [-0.05, 0) is 37.3 Å². The molecule has 1 N–H and O–H groups in total. The van der Waals surface area contributed by atoms with Crippen LogP contribution in [-0.2, 0) is 22.4 Å². The van der Waals surface area contributed by atoms with Gasteiger partial charge in [0.1, 0.15) is 17.3 Å². The van der Waals surface area contributed by atoms with Crippen molar-refractivity contribution < 1.29 is 19.4 Å². The number of thiophene rings is 1. The number of carbonyl (C=O) groups is 2. The van der Waals surface area contributed by atoms with Crippen molar-refractivity contribution in [3.05, 3.63) is 52.7 Å². The average molecular weight is 423 g/mol. The lowest BCUT2D eigenvalue weighted by molar-refractivity contribution is -0.139. The van der Waals surface area contributed by atoms with Gasteiger partial charge in [0.25, 0.3) is 0 Å². The molecule has 2 amide bonds. The maximum absolute atomic E-state index is 13.6. The van der Waals surface area contributed by atoms with Crippen LogP contribution in [0.1, 0.15) is 42.4 Å². The number of benzene rings is 1. The van der Waals surface area contributed by atoms with Crippen molar-refractivity contribution in [3.63, 3.8) is 0 Å². The smallest absolute Gasteiger partial charge is 0.417 e. The van der Waals surface area contributed by atoms with Crippen molar-refractivity contribution in [2.45, 2.75) is 45.3 Å². The molecule has 0 bridgehead atoms. The molecule has 3 atom stereocenters. The Bertz CT molecular complexity index is 1160. The van der Waals surface area contributed by atoms with Gasteiger partial charge in [-0.25, -0.2) is 19.7 Å². The highest BCUT2D eigenvalue weighted by Crippen LogP contribution is 2.46. The largest absolute Gasteiger partial charge is 0.493 e. The minimum Gasteiger partial charge on any atom is -0.493 e. The van der Waals surface area contributed by atoms with Gasteiger partial charge in [-0.2, -0.15) is 0 Å². The summed E-state index contributed by atoms with van der Waals surface area (Å²) in [6, 6.07) is 9.11. The number of aryl methyl sites for hydroxylation is 1. The molecule has 154 valence electrons. The first-order valence-electron chi connectivity index (χ1n) is 9.92. The molecule has 0 radical (unpaired) electrons. The third-order valence-electron chi connectivity index (χ3n) is 6.26. The Kier molecular flexibility index (Phi) is 4.28. The van der Waals surface area contributed by atoms with Crippen molar-refractivity contribution in [1.82, 2.24) is 14.9 Å². The van der Waals surface area contributed by atoms with Gasteiger partial charge in [0, 0.05) is 4.88 Å². The molecule has 30 heavy (non-hydrogen) atoms. The maximum atomic E-state index is 13.6. The normalized spacial score (nSPS) is 25.9. The molecule has 8 heteroatoms. The van der Waals surface area contributed by atoms with Gasteiger partial charge in [0.2, 0.25) is 11.8 Å². The number of aromatic nitrogens is 2. The van der Waals surface area contributed by atoms with Crippen LogP contribution >= 0.6 is 11.3 Å². The number of fused-ring (bicyclic) bond motifs is 3. The van der Waals surface area contributed by atoms with E-state index in [1.54, 1.807) is 0 Å². The van der Waals surface area contributed by atoms with Crippen LogP contribution in [-0.4, -0.2) is 38.0 Å².